The van der Waals surface area contributed by atoms with E-state index in [4.69, 9.17) is 0 Å². The number of rotatable bonds is 3. The Morgan fingerprint density at radius 1 is 1.38 bits per heavy atom. The SMILES string of the molecule is C=C(C)/C=N/N(C)c1ccccc1. The van der Waals surface area contributed by atoms with E-state index in [1.165, 1.54) is 0 Å². The summed E-state index contributed by atoms with van der Waals surface area (Å²) < 4.78 is 0. The third kappa shape index (κ3) is 3.11. The normalized spacial score (nSPS) is 10.3. The van der Waals surface area contributed by atoms with Crippen molar-refractivity contribution in [2.45, 2.75) is 6.92 Å². The molecule has 0 saturated carbocycles. The van der Waals surface area contributed by atoms with Crippen molar-refractivity contribution in [3.8, 4) is 0 Å². The van der Waals surface area contributed by atoms with Crippen LogP contribution in [0.3, 0.4) is 0 Å². The van der Waals surface area contributed by atoms with Gasteiger partial charge in [0, 0.05) is 13.3 Å². The monoisotopic (exact) mass is 174 g/mol. The Kier molecular flexibility index (Phi) is 3.26. The second-order valence-corrected chi connectivity index (χ2v) is 2.95. The molecule has 0 spiro atoms. The van der Waals surface area contributed by atoms with Gasteiger partial charge in [0.05, 0.1) is 5.69 Å². The molecule has 0 aliphatic rings. The van der Waals surface area contributed by atoms with Crippen LogP contribution in [0.5, 0.6) is 0 Å². The van der Waals surface area contributed by atoms with Crippen molar-refractivity contribution >= 4 is 11.9 Å². The number of benzene rings is 1. The quantitative estimate of drug-likeness (QED) is 0.508. The van der Waals surface area contributed by atoms with Crippen LogP contribution in [0.1, 0.15) is 6.92 Å². The van der Waals surface area contributed by atoms with Gasteiger partial charge in [-0.2, -0.15) is 5.10 Å². The number of nitrogens with zero attached hydrogens (tertiary/aromatic N) is 2. The molecule has 0 fully saturated rings. The average Bonchev–Trinajstić information content (AvgIpc) is 2.15. The summed E-state index contributed by atoms with van der Waals surface area (Å²) in [6, 6.07) is 9.98. The fourth-order valence-corrected chi connectivity index (χ4v) is 0.896. The van der Waals surface area contributed by atoms with Crippen LogP contribution >= 0.6 is 0 Å². The predicted octanol–water partition coefficient (Wildman–Crippen LogP) is 2.68. The highest BCUT2D eigenvalue weighted by molar-refractivity contribution is 5.77. The van der Waals surface area contributed by atoms with Gasteiger partial charge in [-0.05, 0) is 24.6 Å². The highest BCUT2D eigenvalue weighted by Gasteiger charge is 1.93. The van der Waals surface area contributed by atoms with Gasteiger partial charge in [-0.15, -0.1) is 0 Å². The molecule has 68 valence electrons. The van der Waals surface area contributed by atoms with Gasteiger partial charge in [0.2, 0.25) is 0 Å². The number of hydrogen-bond acceptors (Lipinski definition) is 2. The van der Waals surface area contributed by atoms with Crippen molar-refractivity contribution in [3.05, 3.63) is 42.5 Å². The molecule has 0 aromatic heterocycles. The molecule has 0 atom stereocenters. The molecular formula is C11H14N2. The largest absolute Gasteiger partial charge is 0.269 e. The van der Waals surface area contributed by atoms with Crippen LogP contribution in [-0.2, 0) is 0 Å². The Balaban J connectivity index is 2.69. The first-order valence-electron chi connectivity index (χ1n) is 4.18. The Bertz CT molecular complexity index is 301. The lowest BCUT2D eigenvalue weighted by atomic mass is 10.3. The first-order valence-corrected chi connectivity index (χ1v) is 4.18. The van der Waals surface area contributed by atoms with E-state index in [0.717, 1.165) is 11.3 Å². The van der Waals surface area contributed by atoms with Gasteiger partial charge in [0.15, 0.2) is 0 Å². The average molecular weight is 174 g/mol. The third-order valence-electron chi connectivity index (χ3n) is 1.58. The van der Waals surface area contributed by atoms with Crippen molar-refractivity contribution in [2.24, 2.45) is 5.10 Å². The number of hydrazone groups is 1. The fraction of sp³-hybridized carbons (Fsp3) is 0.182. The highest BCUT2D eigenvalue weighted by atomic mass is 15.4. The zero-order valence-electron chi connectivity index (χ0n) is 8.07. The van der Waals surface area contributed by atoms with Gasteiger partial charge in [-0.25, -0.2) is 0 Å². The summed E-state index contributed by atoms with van der Waals surface area (Å²) in [4.78, 5) is 0. The molecule has 13 heavy (non-hydrogen) atoms. The minimum atomic E-state index is 0.947. The Hall–Kier alpha value is -1.57. The van der Waals surface area contributed by atoms with E-state index in [-0.39, 0.29) is 0 Å². The molecule has 1 aromatic carbocycles. The van der Waals surface area contributed by atoms with Crippen LogP contribution in [0.4, 0.5) is 5.69 Å². The van der Waals surface area contributed by atoms with Gasteiger partial charge >= 0.3 is 0 Å². The van der Waals surface area contributed by atoms with Gasteiger partial charge < -0.3 is 0 Å². The molecule has 0 aliphatic carbocycles. The number of allylic oxidation sites excluding steroid dienone is 1. The van der Waals surface area contributed by atoms with Crippen LogP contribution in [0.15, 0.2) is 47.6 Å². The van der Waals surface area contributed by atoms with E-state index in [9.17, 15) is 0 Å². The van der Waals surface area contributed by atoms with E-state index in [1.807, 2.05) is 49.3 Å². The second kappa shape index (κ2) is 4.45. The molecule has 1 rings (SSSR count). The van der Waals surface area contributed by atoms with Gasteiger partial charge in [-0.3, -0.25) is 5.01 Å². The maximum absolute atomic E-state index is 4.20. The molecule has 0 aliphatic heterocycles. The maximum atomic E-state index is 4.20. The van der Waals surface area contributed by atoms with Gasteiger partial charge in [0.1, 0.15) is 0 Å². The molecule has 1 aromatic rings. The molecule has 0 heterocycles. The van der Waals surface area contributed by atoms with E-state index >= 15 is 0 Å². The Labute approximate surface area is 79.2 Å². The van der Waals surface area contributed by atoms with Crippen LogP contribution in [0, 0.1) is 0 Å². The van der Waals surface area contributed by atoms with Crippen molar-refractivity contribution in [1.82, 2.24) is 0 Å². The first kappa shape index (κ1) is 9.52. The number of para-hydroxylation sites is 1. The summed E-state index contributed by atoms with van der Waals surface area (Å²) in [5.74, 6) is 0. The summed E-state index contributed by atoms with van der Waals surface area (Å²) in [6.07, 6.45) is 1.74. The summed E-state index contributed by atoms with van der Waals surface area (Å²) in [5.41, 5.74) is 2.02. The Morgan fingerprint density at radius 2 is 2.00 bits per heavy atom. The van der Waals surface area contributed by atoms with Crippen molar-refractivity contribution < 1.29 is 0 Å². The summed E-state index contributed by atoms with van der Waals surface area (Å²) in [5, 5.41) is 6.02. The minimum absolute atomic E-state index is 0.947. The summed E-state index contributed by atoms with van der Waals surface area (Å²) in [7, 11) is 1.91. The molecule has 0 radical (unpaired) electrons. The third-order valence-corrected chi connectivity index (χ3v) is 1.58. The maximum Gasteiger partial charge on any atom is 0.0590 e. The van der Waals surface area contributed by atoms with E-state index in [0.29, 0.717) is 0 Å². The van der Waals surface area contributed by atoms with Gasteiger partial charge in [-0.1, -0.05) is 24.8 Å². The smallest absolute Gasteiger partial charge is 0.0590 e. The first-order chi connectivity index (χ1) is 6.20. The highest BCUT2D eigenvalue weighted by Crippen LogP contribution is 2.10. The molecule has 0 amide bonds. The van der Waals surface area contributed by atoms with Crippen LogP contribution in [0.2, 0.25) is 0 Å². The van der Waals surface area contributed by atoms with E-state index in [1.54, 1.807) is 6.21 Å². The van der Waals surface area contributed by atoms with Crippen LogP contribution in [-0.4, -0.2) is 13.3 Å². The van der Waals surface area contributed by atoms with Crippen LogP contribution < -0.4 is 5.01 Å². The standard InChI is InChI=1S/C11H14N2/c1-10(2)9-12-13(3)11-7-5-4-6-8-11/h4-9H,1H2,2-3H3/b12-9+. The lowest BCUT2D eigenvalue weighted by Crippen LogP contribution is -2.08. The lowest BCUT2D eigenvalue weighted by Gasteiger charge is -2.11. The summed E-state index contributed by atoms with van der Waals surface area (Å²) >= 11 is 0. The van der Waals surface area contributed by atoms with Crippen molar-refractivity contribution in [1.29, 1.82) is 0 Å². The fourth-order valence-electron chi connectivity index (χ4n) is 0.896. The molecule has 0 N–H and O–H groups in total. The molecule has 0 saturated heterocycles. The summed E-state index contributed by atoms with van der Waals surface area (Å²) in [6.45, 7) is 5.66. The zero-order chi connectivity index (χ0) is 9.68. The number of anilines is 1. The molecule has 0 unspecified atom stereocenters. The van der Waals surface area contributed by atoms with E-state index < -0.39 is 0 Å². The molecule has 2 nitrogen and oxygen atoms in total. The molecule has 2 heteroatoms. The predicted molar refractivity (Wildman–Crippen MR) is 58.2 cm³/mol. The Morgan fingerprint density at radius 3 is 2.54 bits per heavy atom. The molecular weight excluding hydrogens is 160 g/mol. The minimum Gasteiger partial charge on any atom is -0.269 e. The lowest BCUT2D eigenvalue weighted by molar-refractivity contribution is 1.02. The van der Waals surface area contributed by atoms with Crippen molar-refractivity contribution in [2.75, 3.05) is 12.1 Å². The number of hydrogen-bond donors (Lipinski definition) is 0. The topological polar surface area (TPSA) is 15.6 Å². The zero-order valence-corrected chi connectivity index (χ0v) is 8.07. The van der Waals surface area contributed by atoms with E-state index in [2.05, 4.69) is 11.7 Å². The second-order valence-electron chi connectivity index (χ2n) is 2.95. The van der Waals surface area contributed by atoms with Crippen LogP contribution in [0.25, 0.3) is 0 Å². The molecule has 0 bridgehead atoms. The van der Waals surface area contributed by atoms with Crippen molar-refractivity contribution in [3.63, 3.8) is 0 Å². The van der Waals surface area contributed by atoms with Gasteiger partial charge in [0.25, 0.3) is 0 Å².